The Hall–Kier alpha value is -1.63. The molecule has 0 spiro atoms. The average Bonchev–Trinajstić information content (AvgIpc) is 3.10. The number of carbonyl (C=O) groups excluding carboxylic acids is 1. The fourth-order valence-electron chi connectivity index (χ4n) is 2.46. The van der Waals surface area contributed by atoms with Gasteiger partial charge in [0.25, 0.3) is 0 Å². The highest BCUT2D eigenvalue weighted by Crippen LogP contribution is 2.40. The molecule has 8 heteroatoms. The Balaban J connectivity index is 1.93. The number of rotatable bonds is 3. The SMILES string of the molecule is COc1ccc(C2=NN(C(C)=O)C(c3sc(Cl)nc3Cl)C2)cc1. The van der Waals surface area contributed by atoms with Crippen LogP contribution in [0.15, 0.2) is 29.4 Å². The van der Waals surface area contributed by atoms with E-state index in [-0.39, 0.29) is 11.9 Å². The Morgan fingerprint density at radius 2 is 2.04 bits per heavy atom. The number of hydrogen-bond acceptors (Lipinski definition) is 5. The van der Waals surface area contributed by atoms with Crippen molar-refractivity contribution in [3.8, 4) is 5.75 Å². The van der Waals surface area contributed by atoms with Gasteiger partial charge in [-0.15, -0.1) is 11.3 Å². The summed E-state index contributed by atoms with van der Waals surface area (Å²) in [5, 5.41) is 6.22. The predicted molar refractivity (Wildman–Crippen MR) is 91.5 cm³/mol. The molecule has 0 fully saturated rings. The van der Waals surface area contributed by atoms with Crippen LogP contribution in [0.3, 0.4) is 0 Å². The topological polar surface area (TPSA) is 54.8 Å². The smallest absolute Gasteiger partial charge is 0.240 e. The maximum absolute atomic E-state index is 11.9. The van der Waals surface area contributed by atoms with Gasteiger partial charge in [-0.05, 0) is 29.8 Å². The van der Waals surface area contributed by atoms with Gasteiger partial charge in [-0.1, -0.05) is 23.2 Å². The Bertz CT molecular complexity index is 774. The summed E-state index contributed by atoms with van der Waals surface area (Å²) >= 11 is 13.3. The van der Waals surface area contributed by atoms with Crippen molar-refractivity contribution in [3.63, 3.8) is 0 Å². The fraction of sp³-hybridized carbons (Fsp3) is 0.267. The lowest BCUT2D eigenvalue weighted by atomic mass is 10.0. The van der Waals surface area contributed by atoms with Crippen molar-refractivity contribution >= 4 is 46.2 Å². The molecule has 23 heavy (non-hydrogen) atoms. The number of benzene rings is 1. The molecule has 120 valence electrons. The van der Waals surface area contributed by atoms with Gasteiger partial charge >= 0.3 is 0 Å². The van der Waals surface area contributed by atoms with E-state index < -0.39 is 0 Å². The quantitative estimate of drug-likeness (QED) is 0.815. The average molecular weight is 370 g/mol. The largest absolute Gasteiger partial charge is 0.497 e. The van der Waals surface area contributed by atoms with E-state index in [1.54, 1.807) is 7.11 Å². The van der Waals surface area contributed by atoms with Gasteiger partial charge in [-0.3, -0.25) is 4.79 Å². The van der Waals surface area contributed by atoms with E-state index >= 15 is 0 Å². The van der Waals surface area contributed by atoms with Crippen LogP contribution in [0.2, 0.25) is 9.62 Å². The molecule has 1 aromatic carbocycles. The van der Waals surface area contributed by atoms with Crippen LogP contribution in [-0.4, -0.2) is 28.7 Å². The second-order valence-electron chi connectivity index (χ2n) is 4.98. The molecule has 0 aliphatic carbocycles. The third-order valence-corrected chi connectivity index (χ3v) is 5.20. The lowest BCUT2D eigenvalue weighted by Crippen LogP contribution is -2.23. The lowest BCUT2D eigenvalue weighted by molar-refractivity contribution is -0.130. The van der Waals surface area contributed by atoms with Gasteiger partial charge in [0.15, 0.2) is 4.47 Å². The molecule has 2 aromatic rings. The molecule has 0 saturated heterocycles. The van der Waals surface area contributed by atoms with E-state index in [1.165, 1.54) is 23.3 Å². The van der Waals surface area contributed by atoms with Crippen LogP contribution >= 0.6 is 34.5 Å². The van der Waals surface area contributed by atoms with Gasteiger partial charge in [0, 0.05) is 13.3 Å². The first-order valence-electron chi connectivity index (χ1n) is 6.83. The van der Waals surface area contributed by atoms with Gasteiger partial charge < -0.3 is 4.74 Å². The van der Waals surface area contributed by atoms with Crippen molar-refractivity contribution in [2.24, 2.45) is 5.10 Å². The Labute approximate surface area is 147 Å². The standard InChI is InChI=1S/C15H13Cl2N3O2S/c1-8(21)20-12(13-14(16)18-15(17)23-13)7-11(19-20)9-3-5-10(22-2)6-4-9/h3-6,12H,7H2,1-2H3. The molecule has 1 amide bonds. The number of aromatic nitrogens is 1. The minimum absolute atomic E-state index is 0.154. The van der Waals surface area contributed by atoms with Crippen LogP contribution in [0.4, 0.5) is 0 Å². The molecule has 1 aromatic heterocycles. The van der Waals surface area contributed by atoms with E-state index in [0.29, 0.717) is 16.0 Å². The molecular weight excluding hydrogens is 357 g/mol. The van der Waals surface area contributed by atoms with Gasteiger partial charge in [0.2, 0.25) is 5.91 Å². The normalized spacial score (nSPS) is 17.3. The summed E-state index contributed by atoms with van der Waals surface area (Å²) in [6.45, 7) is 1.48. The van der Waals surface area contributed by atoms with Crippen LogP contribution in [0, 0.1) is 0 Å². The number of nitrogens with zero attached hydrogens (tertiary/aromatic N) is 3. The molecule has 0 N–H and O–H groups in total. The summed E-state index contributed by atoms with van der Waals surface area (Å²) < 4.78 is 5.51. The molecule has 1 atom stereocenters. The Morgan fingerprint density at radius 1 is 1.35 bits per heavy atom. The molecule has 3 rings (SSSR count). The maximum Gasteiger partial charge on any atom is 0.240 e. The van der Waals surface area contributed by atoms with Crippen LogP contribution in [0.5, 0.6) is 5.75 Å². The number of ether oxygens (including phenoxy) is 1. The van der Waals surface area contributed by atoms with Crippen molar-refractivity contribution in [1.82, 2.24) is 9.99 Å². The predicted octanol–water partition coefficient (Wildman–Crippen LogP) is 4.16. The van der Waals surface area contributed by atoms with Crippen molar-refractivity contribution in [3.05, 3.63) is 44.3 Å². The van der Waals surface area contributed by atoms with Crippen LogP contribution in [-0.2, 0) is 4.79 Å². The van der Waals surface area contributed by atoms with Crippen molar-refractivity contribution in [1.29, 1.82) is 0 Å². The number of hydrazone groups is 1. The van der Waals surface area contributed by atoms with E-state index in [4.69, 9.17) is 27.9 Å². The number of halogens is 2. The number of methoxy groups -OCH3 is 1. The Morgan fingerprint density at radius 3 is 2.57 bits per heavy atom. The van der Waals surface area contributed by atoms with Gasteiger partial charge in [-0.2, -0.15) is 5.10 Å². The highest BCUT2D eigenvalue weighted by Gasteiger charge is 2.34. The second-order valence-corrected chi connectivity index (χ2v) is 6.95. The molecule has 0 bridgehead atoms. The fourth-order valence-corrected chi connectivity index (χ4v) is 3.98. The molecule has 5 nitrogen and oxygen atoms in total. The first kappa shape index (κ1) is 16.2. The third kappa shape index (κ3) is 3.20. The van der Waals surface area contributed by atoms with Crippen molar-refractivity contribution < 1.29 is 9.53 Å². The minimum Gasteiger partial charge on any atom is -0.497 e. The van der Waals surface area contributed by atoms with Gasteiger partial charge in [-0.25, -0.2) is 9.99 Å². The number of hydrogen-bond donors (Lipinski definition) is 0. The zero-order chi connectivity index (χ0) is 16.6. The van der Waals surface area contributed by atoms with Gasteiger partial charge in [0.05, 0.1) is 23.7 Å². The zero-order valence-corrected chi connectivity index (χ0v) is 14.7. The van der Waals surface area contributed by atoms with Crippen molar-refractivity contribution in [2.45, 2.75) is 19.4 Å². The molecule has 2 heterocycles. The van der Waals surface area contributed by atoms with E-state index in [1.807, 2.05) is 24.3 Å². The van der Waals surface area contributed by atoms with Gasteiger partial charge in [0.1, 0.15) is 10.9 Å². The second kappa shape index (κ2) is 6.47. The summed E-state index contributed by atoms with van der Waals surface area (Å²) in [5.41, 5.74) is 1.75. The zero-order valence-electron chi connectivity index (χ0n) is 12.4. The van der Waals surface area contributed by atoms with Crippen molar-refractivity contribution in [2.75, 3.05) is 7.11 Å². The highest BCUT2D eigenvalue weighted by atomic mass is 35.5. The summed E-state index contributed by atoms with van der Waals surface area (Å²) in [4.78, 5) is 16.7. The lowest BCUT2D eigenvalue weighted by Gasteiger charge is -2.18. The Kier molecular flexibility index (Phi) is 4.57. The summed E-state index contributed by atoms with van der Waals surface area (Å²) in [6.07, 6.45) is 0.560. The first-order chi connectivity index (χ1) is 11.0. The summed E-state index contributed by atoms with van der Waals surface area (Å²) in [5.74, 6) is 0.615. The minimum atomic E-state index is -0.276. The van der Waals surface area contributed by atoms with Crippen LogP contribution in [0.25, 0.3) is 0 Å². The molecule has 1 aliphatic heterocycles. The number of thiazole rings is 1. The monoisotopic (exact) mass is 369 g/mol. The third-order valence-electron chi connectivity index (χ3n) is 3.54. The highest BCUT2D eigenvalue weighted by molar-refractivity contribution is 7.16. The van der Waals surface area contributed by atoms with E-state index in [0.717, 1.165) is 21.9 Å². The molecule has 1 aliphatic rings. The van der Waals surface area contributed by atoms with E-state index in [9.17, 15) is 4.79 Å². The number of carbonyl (C=O) groups is 1. The maximum atomic E-state index is 11.9. The number of amides is 1. The molecule has 1 unspecified atom stereocenters. The van der Waals surface area contributed by atoms with Crippen LogP contribution < -0.4 is 4.74 Å². The molecular formula is C15H13Cl2N3O2S. The summed E-state index contributed by atoms with van der Waals surface area (Å²) in [7, 11) is 1.62. The summed E-state index contributed by atoms with van der Waals surface area (Å²) in [6, 6.07) is 7.28. The molecule has 0 saturated carbocycles. The van der Waals surface area contributed by atoms with E-state index in [2.05, 4.69) is 10.1 Å². The van der Waals surface area contributed by atoms with Crippen LogP contribution in [0.1, 0.15) is 29.8 Å². The first-order valence-corrected chi connectivity index (χ1v) is 8.40. The molecule has 0 radical (unpaired) electrons.